The molecule has 2 aromatic carbocycles. The SMILES string of the molecule is C[C@@H]1CC(=O)[C@H](OCc2ccccc2)[C@@H]2C[C@@]3(CO[Si](C)(C)C(C)(C)C)C[C@]4(O[Si](C)(C)C)C(=Cc5ccccc5)[C@@H](C)C[C@H]4[C@@]12O3. The maximum absolute atomic E-state index is 14.0. The normalized spacial score (nSPS) is 36.4. The van der Waals surface area contributed by atoms with Crippen molar-refractivity contribution in [2.45, 2.75) is 128 Å². The zero-order valence-corrected chi connectivity index (χ0v) is 32.5. The Morgan fingerprint density at radius 2 is 1.60 bits per heavy atom. The van der Waals surface area contributed by atoms with E-state index in [1.54, 1.807) is 0 Å². The number of hydrogen-bond donors (Lipinski definition) is 0. The Bertz CT molecular complexity index is 1480. The quantitative estimate of drug-likeness (QED) is 0.248. The molecular formula is C40H58O5Si2. The van der Waals surface area contributed by atoms with Gasteiger partial charge in [-0.3, -0.25) is 4.79 Å². The minimum Gasteiger partial charge on any atom is -0.414 e. The van der Waals surface area contributed by atoms with Gasteiger partial charge >= 0.3 is 0 Å². The van der Waals surface area contributed by atoms with Crippen molar-refractivity contribution in [2.24, 2.45) is 23.7 Å². The van der Waals surface area contributed by atoms with E-state index in [1.807, 2.05) is 18.2 Å². The molecular weight excluding hydrogens is 617 g/mol. The van der Waals surface area contributed by atoms with Crippen LogP contribution >= 0.6 is 0 Å². The molecule has 5 nitrogen and oxygen atoms in total. The maximum atomic E-state index is 14.0. The van der Waals surface area contributed by atoms with Gasteiger partial charge in [-0.1, -0.05) is 101 Å². The van der Waals surface area contributed by atoms with Crippen molar-refractivity contribution < 1.29 is 23.1 Å². The van der Waals surface area contributed by atoms with E-state index in [0.29, 0.717) is 25.6 Å². The van der Waals surface area contributed by atoms with E-state index in [2.05, 4.69) is 116 Å². The molecule has 0 radical (unpaired) electrons. The largest absolute Gasteiger partial charge is 0.414 e. The molecule has 47 heavy (non-hydrogen) atoms. The molecule has 2 aliphatic heterocycles. The Morgan fingerprint density at radius 3 is 2.21 bits per heavy atom. The highest BCUT2D eigenvalue weighted by Crippen LogP contribution is 2.70. The molecule has 4 aliphatic rings. The van der Waals surface area contributed by atoms with E-state index in [9.17, 15) is 4.79 Å². The fourth-order valence-corrected chi connectivity index (χ4v) is 11.8. The summed E-state index contributed by atoms with van der Waals surface area (Å²) in [5.74, 6) is 0.631. The van der Waals surface area contributed by atoms with E-state index in [1.165, 1.54) is 11.1 Å². The predicted octanol–water partition coefficient (Wildman–Crippen LogP) is 9.45. The van der Waals surface area contributed by atoms with Gasteiger partial charge in [0.15, 0.2) is 22.4 Å². The molecule has 2 heterocycles. The highest BCUT2D eigenvalue weighted by Gasteiger charge is 2.77. The topological polar surface area (TPSA) is 54.0 Å². The van der Waals surface area contributed by atoms with Crippen LogP contribution in [0.2, 0.25) is 37.8 Å². The summed E-state index contributed by atoms with van der Waals surface area (Å²) in [7, 11) is -4.19. The lowest BCUT2D eigenvalue weighted by atomic mass is 9.59. The van der Waals surface area contributed by atoms with Crippen molar-refractivity contribution in [2.75, 3.05) is 6.61 Å². The third kappa shape index (κ3) is 6.23. The second kappa shape index (κ2) is 12.2. The Morgan fingerprint density at radius 1 is 0.957 bits per heavy atom. The van der Waals surface area contributed by atoms with Gasteiger partial charge in [-0.25, -0.2) is 0 Å². The number of ketones is 1. The molecule has 2 aliphatic carbocycles. The zero-order chi connectivity index (χ0) is 34.0. The second-order valence-electron chi connectivity index (χ2n) is 17.8. The molecule has 8 atom stereocenters. The van der Waals surface area contributed by atoms with Gasteiger partial charge in [0, 0.05) is 24.7 Å². The Labute approximate surface area is 286 Å². The number of Topliss-reactive ketones (excluding diaryl/α,β-unsaturated/α-hetero) is 1. The van der Waals surface area contributed by atoms with E-state index < -0.39 is 39.5 Å². The molecule has 2 saturated carbocycles. The maximum Gasteiger partial charge on any atom is 0.192 e. The fourth-order valence-electron chi connectivity index (χ4n) is 9.33. The van der Waals surface area contributed by atoms with Crippen LogP contribution in [0, 0.1) is 23.7 Å². The summed E-state index contributed by atoms with van der Waals surface area (Å²) in [6.07, 6.45) is 4.84. The van der Waals surface area contributed by atoms with Crippen LogP contribution in [0.15, 0.2) is 66.2 Å². The monoisotopic (exact) mass is 674 g/mol. The van der Waals surface area contributed by atoms with Crippen molar-refractivity contribution in [1.29, 1.82) is 0 Å². The van der Waals surface area contributed by atoms with Crippen LogP contribution in [0.3, 0.4) is 0 Å². The van der Waals surface area contributed by atoms with Gasteiger partial charge < -0.3 is 18.3 Å². The molecule has 1 spiro atoms. The van der Waals surface area contributed by atoms with Crippen LogP contribution < -0.4 is 0 Å². The summed E-state index contributed by atoms with van der Waals surface area (Å²) in [4.78, 5) is 14.0. The van der Waals surface area contributed by atoms with Crippen LogP contribution in [0.5, 0.6) is 0 Å². The second-order valence-corrected chi connectivity index (χ2v) is 27.0. The average molecular weight is 675 g/mol. The predicted molar refractivity (Wildman–Crippen MR) is 195 cm³/mol. The van der Waals surface area contributed by atoms with Crippen molar-refractivity contribution >= 4 is 28.5 Å². The lowest BCUT2D eigenvalue weighted by molar-refractivity contribution is -0.265. The molecule has 6 rings (SSSR count). The first-order chi connectivity index (χ1) is 21.9. The van der Waals surface area contributed by atoms with Gasteiger partial charge in [0.25, 0.3) is 0 Å². The molecule has 0 aromatic heterocycles. The van der Waals surface area contributed by atoms with Crippen molar-refractivity contribution in [1.82, 2.24) is 0 Å². The minimum atomic E-state index is -2.11. The first-order valence-electron chi connectivity index (χ1n) is 17.9. The smallest absolute Gasteiger partial charge is 0.192 e. The zero-order valence-electron chi connectivity index (χ0n) is 30.5. The summed E-state index contributed by atoms with van der Waals surface area (Å²) in [6, 6.07) is 21.0. The third-order valence-electron chi connectivity index (χ3n) is 12.2. The summed E-state index contributed by atoms with van der Waals surface area (Å²) >= 11 is 0. The number of carbonyl (C=O) groups is 1. The van der Waals surface area contributed by atoms with Crippen molar-refractivity contribution in [3.05, 3.63) is 77.4 Å². The van der Waals surface area contributed by atoms with Crippen molar-refractivity contribution in [3.8, 4) is 0 Å². The minimum absolute atomic E-state index is 0.0458. The lowest BCUT2D eigenvalue weighted by Gasteiger charge is -2.60. The molecule has 0 unspecified atom stereocenters. The lowest BCUT2D eigenvalue weighted by Crippen LogP contribution is -2.68. The summed E-state index contributed by atoms with van der Waals surface area (Å²) in [5.41, 5.74) is 2.06. The van der Waals surface area contributed by atoms with Crippen LogP contribution in [0.1, 0.15) is 71.4 Å². The Balaban J connectivity index is 1.50. The number of benzene rings is 2. The van der Waals surface area contributed by atoms with Crippen LogP contribution in [0.4, 0.5) is 0 Å². The standard InChI is InChI=1S/C40H58O5Si2/c1-28-21-35-39(45-46(6,7)8,32(28)23-30-17-13-11-14-18-30)26-38(27-43-47(9,10)37(3,4)5)24-33-36(42-25-31-19-15-12-16-20-31)34(41)22-29(2)40(33,35)44-38/h11-20,23,28-29,33,35-36H,21-22,24-27H2,1-10H3/t28-,29+,33-,35+,36+,38-,39-,40+/m0/s1. The van der Waals surface area contributed by atoms with E-state index >= 15 is 0 Å². The van der Waals surface area contributed by atoms with Crippen LogP contribution in [-0.2, 0) is 29.7 Å². The highest BCUT2D eigenvalue weighted by molar-refractivity contribution is 6.74. The van der Waals surface area contributed by atoms with E-state index in [0.717, 1.165) is 24.8 Å². The van der Waals surface area contributed by atoms with Gasteiger partial charge in [0.05, 0.1) is 30.0 Å². The summed E-state index contributed by atoms with van der Waals surface area (Å²) in [5, 5.41) is 0.0707. The average Bonchev–Trinajstić information content (AvgIpc) is 3.42. The summed E-state index contributed by atoms with van der Waals surface area (Å²) in [6.45, 7) is 24.1. The molecule has 0 amide bonds. The summed E-state index contributed by atoms with van der Waals surface area (Å²) < 4.78 is 29.2. The molecule has 0 N–H and O–H groups in total. The van der Waals surface area contributed by atoms with Gasteiger partial charge in [0.1, 0.15) is 6.10 Å². The Hall–Kier alpha value is -1.88. The number of rotatable bonds is 9. The van der Waals surface area contributed by atoms with Gasteiger partial charge in [-0.15, -0.1) is 0 Å². The fraction of sp³-hybridized carbons (Fsp3) is 0.625. The Kier molecular flexibility index (Phi) is 9.05. The van der Waals surface area contributed by atoms with Crippen LogP contribution in [-0.4, -0.2) is 51.9 Å². The van der Waals surface area contributed by atoms with Crippen molar-refractivity contribution in [3.63, 3.8) is 0 Å². The number of fused-ring (bicyclic) bond motifs is 2. The van der Waals surface area contributed by atoms with E-state index in [-0.39, 0.29) is 28.6 Å². The van der Waals surface area contributed by atoms with Gasteiger partial charge in [-0.05, 0) is 79.2 Å². The van der Waals surface area contributed by atoms with Gasteiger partial charge in [0.2, 0.25) is 0 Å². The molecule has 2 bridgehead atoms. The van der Waals surface area contributed by atoms with Crippen LogP contribution in [0.25, 0.3) is 6.08 Å². The molecule has 7 heteroatoms. The molecule has 4 fully saturated rings. The number of ether oxygens (including phenoxy) is 2. The first kappa shape index (κ1) is 35.0. The molecule has 2 saturated heterocycles. The van der Waals surface area contributed by atoms with E-state index in [4.69, 9.17) is 18.3 Å². The molecule has 2 aromatic rings. The molecule has 256 valence electrons. The number of hydrogen-bond acceptors (Lipinski definition) is 5. The number of carbonyl (C=O) groups excluding carboxylic acids is 1. The third-order valence-corrected chi connectivity index (χ3v) is 17.7. The highest BCUT2D eigenvalue weighted by atomic mass is 28.4. The first-order valence-corrected chi connectivity index (χ1v) is 24.2. The van der Waals surface area contributed by atoms with Gasteiger partial charge in [-0.2, -0.15) is 0 Å².